The molecular weight excluding hydrogens is 220 g/mol. The Hall–Kier alpha value is -1.84. The Bertz CT molecular complexity index is 347. The Morgan fingerprint density at radius 1 is 1.29 bits per heavy atom. The van der Waals surface area contributed by atoms with Gasteiger partial charge in [0.2, 0.25) is 0 Å². The van der Waals surface area contributed by atoms with Gasteiger partial charge in [-0.3, -0.25) is 4.79 Å². The maximum absolute atomic E-state index is 11.0. The van der Waals surface area contributed by atoms with Gasteiger partial charge in [-0.1, -0.05) is 26.0 Å². The van der Waals surface area contributed by atoms with Crippen LogP contribution in [0.4, 0.5) is 0 Å². The number of hydrogen-bond donors (Lipinski definition) is 0. The first-order valence-electron chi connectivity index (χ1n) is 5.60. The Morgan fingerprint density at radius 3 is 2.53 bits per heavy atom. The number of hydrogen-bond acceptors (Lipinski definition) is 4. The molecule has 1 aromatic rings. The summed E-state index contributed by atoms with van der Waals surface area (Å²) in [6.07, 6.45) is 0.681. The van der Waals surface area contributed by atoms with Crippen molar-refractivity contribution in [3.8, 4) is 5.75 Å². The summed E-state index contributed by atoms with van der Waals surface area (Å²) in [5, 5.41) is 0. The van der Waals surface area contributed by atoms with Crippen LogP contribution in [0.1, 0.15) is 31.1 Å². The summed E-state index contributed by atoms with van der Waals surface area (Å²) in [5.41, 5.74) is 0.418. The van der Waals surface area contributed by atoms with E-state index in [1.54, 1.807) is 31.2 Å². The van der Waals surface area contributed by atoms with Crippen LogP contribution in [0.5, 0.6) is 5.75 Å². The molecule has 0 heterocycles. The molecule has 0 amide bonds. The third kappa shape index (κ3) is 5.70. The molecule has 0 aliphatic rings. The molecule has 0 N–H and O–H groups in total. The fourth-order valence-corrected chi connectivity index (χ4v) is 1.05. The Kier molecular flexibility index (Phi) is 8.37. The van der Waals surface area contributed by atoms with Crippen molar-refractivity contribution in [2.45, 2.75) is 20.8 Å². The lowest BCUT2D eigenvalue weighted by molar-refractivity contribution is -0.145. The van der Waals surface area contributed by atoms with Gasteiger partial charge in [0.15, 0.2) is 12.9 Å². The minimum absolute atomic E-state index is 0.182. The largest absolute Gasteiger partial charge is 0.481 e. The maximum atomic E-state index is 11.0. The van der Waals surface area contributed by atoms with Crippen LogP contribution in [-0.2, 0) is 9.53 Å². The van der Waals surface area contributed by atoms with Crippen LogP contribution in [0.2, 0.25) is 0 Å². The number of para-hydroxylation sites is 1. The van der Waals surface area contributed by atoms with E-state index in [1.807, 2.05) is 13.8 Å². The molecule has 0 aliphatic heterocycles. The van der Waals surface area contributed by atoms with Crippen molar-refractivity contribution < 1.29 is 19.1 Å². The van der Waals surface area contributed by atoms with Crippen LogP contribution in [0.15, 0.2) is 24.3 Å². The third-order valence-corrected chi connectivity index (χ3v) is 1.70. The molecule has 0 radical (unpaired) electrons. The van der Waals surface area contributed by atoms with Gasteiger partial charge in [-0.05, 0) is 19.1 Å². The maximum Gasteiger partial charge on any atom is 0.344 e. The highest BCUT2D eigenvalue weighted by molar-refractivity contribution is 5.79. The molecule has 0 saturated carbocycles. The lowest BCUT2D eigenvalue weighted by Crippen LogP contribution is -2.15. The zero-order valence-electron chi connectivity index (χ0n) is 10.4. The van der Waals surface area contributed by atoms with Gasteiger partial charge in [-0.2, -0.15) is 0 Å². The van der Waals surface area contributed by atoms with E-state index in [0.29, 0.717) is 24.2 Å². The van der Waals surface area contributed by atoms with Crippen molar-refractivity contribution in [1.82, 2.24) is 0 Å². The quantitative estimate of drug-likeness (QED) is 0.584. The second-order valence-electron chi connectivity index (χ2n) is 2.75. The van der Waals surface area contributed by atoms with Gasteiger partial charge in [0.1, 0.15) is 5.75 Å². The third-order valence-electron chi connectivity index (χ3n) is 1.70. The monoisotopic (exact) mass is 238 g/mol. The minimum Gasteiger partial charge on any atom is -0.481 e. The predicted octanol–water partition coefficient (Wildman–Crippen LogP) is 2.47. The van der Waals surface area contributed by atoms with Gasteiger partial charge in [-0.15, -0.1) is 0 Å². The highest BCUT2D eigenvalue weighted by Crippen LogP contribution is 2.15. The average molecular weight is 238 g/mol. The molecule has 17 heavy (non-hydrogen) atoms. The fraction of sp³-hybridized carbons (Fsp3) is 0.385. The van der Waals surface area contributed by atoms with Gasteiger partial charge in [-0.25, -0.2) is 4.79 Å². The SMILES string of the molecule is CC.CCOC(=O)COc1ccccc1C=O. The van der Waals surface area contributed by atoms with Crippen molar-refractivity contribution in [2.24, 2.45) is 0 Å². The number of aldehydes is 1. The standard InChI is InChI=1S/C11H12O4.C2H6/c1-2-14-11(13)8-15-10-6-4-3-5-9(10)7-12;1-2/h3-7H,2,8H2,1H3;1-2H3. The predicted molar refractivity (Wildman–Crippen MR) is 65.3 cm³/mol. The van der Waals surface area contributed by atoms with Crippen molar-refractivity contribution in [2.75, 3.05) is 13.2 Å². The molecule has 0 unspecified atom stereocenters. The van der Waals surface area contributed by atoms with E-state index in [9.17, 15) is 9.59 Å². The number of carbonyl (C=O) groups excluding carboxylic acids is 2. The van der Waals surface area contributed by atoms with Gasteiger partial charge in [0.25, 0.3) is 0 Å². The molecule has 0 atom stereocenters. The summed E-state index contributed by atoms with van der Waals surface area (Å²) in [7, 11) is 0. The van der Waals surface area contributed by atoms with E-state index in [-0.39, 0.29) is 6.61 Å². The van der Waals surface area contributed by atoms with Gasteiger partial charge >= 0.3 is 5.97 Å². The number of benzene rings is 1. The summed E-state index contributed by atoms with van der Waals surface area (Å²) in [5.74, 6) is -0.0567. The van der Waals surface area contributed by atoms with Crippen molar-refractivity contribution in [3.05, 3.63) is 29.8 Å². The van der Waals surface area contributed by atoms with Crippen molar-refractivity contribution >= 4 is 12.3 Å². The number of esters is 1. The lowest BCUT2D eigenvalue weighted by atomic mass is 10.2. The molecular formula is C13H18O4. The van der Waals surface area contributed by atoms with Crippen molar-refractivity contribution in [3.63, 3.8) is 0 Å². The Balaban J connectivity index is 0.00000121. The minimum atomic E-state index is -0.446. The van der Waals surface area contributed by atoms with E-state index in [2.05, 4.69) is 4.74 Å². The molecule has 0 bridgehead atoms. The van der Waals surface area contributed by atoms with Crippen LogP contribution in [0, 0.1) is 0 Å². The molecule has 1 aromatic carbocycles. The summed E-state index contributed by atoms with van der Waals surface area (Å²) >= 11 is 0. The first kappa shape index (κ1) is 15.2. The van der Waals surface area contributed by atoms with E-state index < -0.39 is 5.97 Å². The second-order valence-corrected chi connectivity index (χ2v) is 2.75. The highest BCUT2D eigenvalue weighted by Gasteiger charge is 2.05. The van der Waals surface area contributed by atoms with E-state index in [1.165, 1.54) is 0 Å². The van der Waals surface area contributed by atoms with Gasteiger partial charge < -0.3 is 9.47 Å². The van der Waals surface area contributed by atoms with E-state index in [4.69, 9.17) is 4.74 Å². The number of ether oxygens (including phenoxy) is 2. The molecule has 0 aliphatic carbocycles. The van der Waals surface area contributed by atoms with Gasteiger partial charge in [0.05, 0.1) is 12.2 Å². The van der Waals surface area contributed by atoms with Crippen LogP contribution in [0.3, 0.4) is 0 Å². The van der Waals surface area contributed by atoms with Crippen LogP contribution in [0.25, 0.3) is 0 Å². The molecule has 0 spiro atoms. The molecule has 0 aromatic heterocycles. The topological polar surface area (TPSA) is 52.6 Å². The first-order valence-corrected chi connectivity index (χ1v) is 5.60. The van der Waals surface area contributed by atoms with E-state index >= 15 is 0 Å². The lowest BCUT2D eigenvalue weighted by Gasteiger charge is -2.06. The smallest absolute Gasteiger partial charge is 0.344 e. The average Bonchev–Trinajstić information content (AvgIpc) is 2.39. The molecule has 94 valence electrons. The molecule has 4 nitrogen and oxygen atoms in total. The zero-order chi connectivity index (χ0) is 13.1. The molecule has 4 heteroatoms. The number of rotatable bonds is 5. The zero-order valence-corrected chi connectivity index (χ0v) is 10.4. The normalized spacial score (nSPS) is 8.65. The summed E-state index contributed by atoms with van der Waals surface area (Å²) in [4.78, 5) is 21.6. The first-order chi connectivity index (χ1) is 8.27. The fourth-order valence-electron chi connectivity index (χ4n) is 1.05. The summed E-state index contributed by atoms with van der Waals surface area (Å²) in [6, 6.07) is 6.70. The second kappa shape index (κ2) is 9.39. The van der Waals surface area contributed by atoms with Crippen molar-refractivity contribution in [1.29, 1.82) is 0 Å². The number of carbonyl (C=O) groups is 2. The Morgan fingerprint density at radius 2 is 1.94 bits per heavy atom. The molecule has 0 fully saturated rings. The highest BCUT2D eigenvalue weighted by atomic mass is 16.6. The molecule has 1 rings (SSSR count). The van der Waals surface area contributed by atoms with Crippen LogP contribution in [-0.4, -0.2) is 25.5 Å². The summed E-state index contributed by atoms with van der Waals surface area (Å²) < 4.78 is 9.82. The van der Waals surface area contributed by atoms with Crippen LogP contribution < -0.4 is 4.74 Å². The van der Waals surface area contributed by atoms with Gasteiger partial charge in [0, 0.05) is 0 Å². The van der Waals surface area contributed by atoms with E-state index in [0.717, 1.165) is 0 Å². The Labute approximate surface area is 102 Å². The molecule has 0 saturated heterocycles. The van der Waals surface area contributed by atoms with Crippen LogP contribution >= 0.6 is 0 Å². The summed E-state index contributed by atoms with van der Waals surface area (Å²) in [6.45, 7) is 5.85.